The molecule has 2 atom stereocenters. The van der Waals surface area contributed by atoms with Gasteiger partial charge in [-0.15, -0.1) is 0 Å². The van der Waals surface area contributed by atoms with E-state index in [0.29, 0.717) is 0 Å². The Hall–Kier alpha value is -1.20. The summed E-state index contributed by atoms with van der Waals surface area (Å²) in [5.74, 6) is 2.25. The Morgan fingerprint density at radius 3 is 2.71 bits per heavy atom. The third-order valence-corrected chi connectivity index (χ3v) is 7.00. The molecule has 130 valence electrons. The fourth-order valence-electron chi connectivity index (χ4n) is 4.23. The topological polar surface area (TPSA) is 50.4 Å². The zero-order valence-corrected chi connectivity index (χ0v) is 14.9. The summed E-state index contributed by atoms with van der Waals surface area (Å²) >= 11 is 1.97. The molecule has 2 saturated heterocycles. The van der Waals surface area contributed by atoms with E-state index in [1.807, 2.05) is 17.8 Å². The number of ether oxygens (including phenoxy) is 1. The molecule has 24 heavy (non-hydrogen) atoms. The van der Waals surface area contributed by atoms with Crippen LogP contribution < -0.4 is 10.6 Å². The number of carbonyl (C=O) groups excluding carboxylic acids is 1. The summed E-state index contributed by atoms with van der Waals surface area (Å²) in [5, 5.41) is 6.50. The number of hydrogen-bond donors (Lipinski definition) is 2. The van der Waals surface area contributed by atoms with E-state index < -0.39 is 0 Å². The Kier molecular flexibility index (Phi) is 4.48. The largest absolute Gasteiger partial charge is 0.374 e. The third-order valence-electron chi connectivity index (χ3n) is 5.78. The van der Waals surface area contributed by atoms with E-state index in [0.717, 1.165) is 44.5 Å². The Morgan fingerprint density at radius 1 is 1.21 bits per heavy atom. The van der Waals surface area contributed by atoms with E-state index in [9.17, 15) is 4.79 Å². The molecule has 5 heteroatoms. The first-order chi connectivity index (χ1) is 11.7. The highest BCUT2D eigenvalue weighted by Crippen LogP contribution is 2.41. The van der Waals surface area contributed by atoms with Crippen molar-refractivity contribution in [1.82, 2.24) is 10.6 Å². The minimum atomic E-state index is -0.169. The van der Waals surface area contributed by atoms with E-state index >= 15 is 0 Å². The van der Waals surface area contributed by atoms with Gasteiger partial charge in [0.05, 0.1) is 11.1 Å². The highest BCUT2D eigenvalue weighted by Gasteiger charge is 2.43. The molecule has 1 spiro atoms. The van der Waals surface area contributed by atoms with Crippen LogP contribution in [0.3, 0.4) is 0 Å². The number of amides is 2. The molecule has 0 aromatic heterocycles. The van der Waals surface area contributed by atoms with Gasteiger partial charge in [-0.25, -0.2) is 4.79 Å². The number of hydrogen-bond acceptors (Lipinski definition) is 3. The molecule has 2 aliphatic heterocycles. The second-order valence-corrected chi connectivity index (χ2v) is 8.53. The predicted octanol–water partition coefficient (Wildman–Crippen LogP) is 3.42. The molecule has 2 N–H and O–H groups in total. The van der Waals surface area contributed by atoms with Crippen molar-refractivity contribution in [2.75, 3.05) is 18.1 Å². The van der Waals surface area contributed by atoms with Gasteiger partial charge < -0.3 is 15.4 Å². The van der Waals surface area contributed by atoms with Crippen LogP contribution in [0.15, 0.2) is 30.3 Å². The molecule has 4 nitrogen and oxygen atoms in total. The Balaban J connectivity index is 1.38. The van der Waals surface area contributed by atoms with Gasteiger partial charge in [0.2, 0.25) is 0 Å². The van der Waals surface area contributed by atoms with Gasteiger partial charge in [0.1, 0.15) is 0 Å². The predicted molar refractivity (Wildman–Crippen MR) is 97.3 cm³/mol. The normalized spacial score (nSPS) is 31.4. The van der Waals surface area contributed by atoms with Crippen LogP contribution in [0.4, 0.5) is 4.79 Å². The van der Waals surface area contributed by atoms with Gasteiger partial charge in [-0.3, -0.25) is 0 Å². The van der Waals surface area contributed by atoms with E-state index in [-0.39, 0.29) is 23.2 Å². The average Bonchev–Trinajstić information content (AvgIpc) is 2.99. The van der Waals surface area contributed by atoms with Crippen LogP contribution >= 0.6 is 11.8 Å². The van der Waals surface area contributed by atoms with Crippen LogP contribution in [0.2, 0.25) is 0 Å². The first-order valence-electron chi connectivity index (χ1n) is 9.06. The summed E-state index contributed by atoms with van der Waals surface area (Å²) in [7, 11) is 0. The van der Waals surface area contributed by atoms with Crippen molar-refractivity contribution in [2.24, 2.45) is 0 Å². The van der Waals surface area contributed by atoms with Crippen LogP contribution in [-0.2, 0) is 10.3 Å². The lowest BCUT2D eigenvalue weighted by atomic mass is 9.72. The SMILES string of the molecule is O=C(NC1CCOC2(CCSC2)C1)NC1(c2ccccc2)CCC1. The van der Waals surface area contributed by atoms with Crippen molar-refractivity contribution in [3.63, 3.8) is 0 Å². The Bertz CT molecular complexity index is 582. The first kappa shape index (κ1) is 16.3. The van der Waals surface area contributed by atoms with Crippen molar-refractivity contribution in [3.05, 3.63) is 35.9 Å². The van der Waals surface area contributed by atoms with E-state index in [4.69, 9.17) is 4.74 Å². The van der Waals surface area contributed by atoms with Gasteiger partial charge in [-0.2, -0.15) is 11.8 Å². The van der Waals surface area contributed by atoms with Crippen LogP contribution in [0.1, 0.15) is 44.1 Å². The van der Waals surface area contributed by atoms with Crippen LogP contribution in [0, 0.1) is 0 Å². The molecular formula is C19H26N2O2S. The summed E-state index contributed by atoms with van der Waals surface area (Å²) in [5.41, 5.74) is 1.06. The maximum atomic E-state index is 12.6. The van der Waals surface area contributed by atoms with Crippen LogP contribution in [0.5, 0.6) is 0 Å². The quantitative estimate of drug-likeness (QED) is 0.882. The third kappa shape index (κ3) is 3.16. The van der Waals surface area contributed by atoms with Gasteiger partial charge in [-0.05, 0) is 49.8 Å². The average molecular weight is 346 g/mol. The van der Waals surface area contributed by atoms with Crippen molar-refractivity contribution in [3.8, 4) is 0 Å². The smallest absolute Gasteiger partial charge is 0.315 e. The summed E-state index contributed by atoms with van der Waals surface area (Å²) in [6.45, 7) is 0.759. The number of nitrogens with one attached hydrogen (secondary N) is 2. The van der Waals surface area contributed by atoms with Gasteiger partial charge >= 0.3 is 6.03 Å². The molecule has 1 aromatic carbocycles. The zero-order valence-electron chi connectivity index (χ0n) is 14.1. The highest BCUT2D eigenvalue weighted by molar-refractivity contribution is 7.99. The molecule has 3 aliphatic rings. The van der Waals surface area contributed by atoms with Gasteiger partial charge in [-0.1, -0.05) is 30.3 Å². The Morgan fingerprint density at radius 2 is 2.04 bits per heavy atom. The molecule has 2 unspecified atom stereocenters. The highest BCUT2D eigenvalue weighted by atomic mass is 32.2. The van der Waals surface area contributed by atoms with Gasteiger partial charge in [0.15, 0.2) is 0 Å². The molecule has 1 aromatic rings. The summed E-state index contributed by atoms with van der Waals surface area (Å²) in [6.07, 6.45) is 6.21. The van der Waals surface area contributed by atoms with Crippen LogP contribution in [-0.4, -0.2) is 35.8 Å². The lowest BCUT2D eigenvalue weighted by Gasteiger charge is -2.44. The van der Waals surface area contributed by atoms with E-state index in [1.54, 1.807) is 0 Å². The molecule has 2 heterocycles. The molecule has 1 saturated carbocycles. The fourth-order valence-corrected chi connectivity index (χ4v) is 5.60. The second-order valence-electron chi connectivity index (χ2n) is 7.42. The molecule has 3 fully saturated rings. The maximum absolute atomic E-state index is 12.6. The monoisotopic (exact) mass is 346 g/mol. The van der Waals surface area contributed by atoms with Crippen molar-refractivity contribution < 1.29 is 9.53 Å². The lowest BCUT2D eigenvalue weighted by molar-refractivity contribution is -0.0685. The zero-order chi connectivity index (χ0) is 16.5. The molecule has 1 aliphatic carbocycles. The lowest BCUT2D eigenvalue weighted by Crippen LogP contribution is -2.57. The number of urea groups is 1. The second kappa shape index (κ2) is 6.60. The molecule has 2 amide bonds. The number of thioether (sulfide) groups is 1. The molecule has 4 rings (SSSR count). The number of benzene rings is 1. The number of rotatable bonds is 3. The summed E-state index contributed by atoms with van der Waals surface area (Å²) in [6, 6.07) is 10.6. The van der Waals surface area contributed by atoms with E-state index in [2.05, 4.69) is 34.9 Å². The minimum absolute atomic E-state index is 0.00838. The first-order valence-corrected chi connectivity index (χ1v) is 10.2. The summed E-state index contributed by atoms with van der Waals surface area (Å²) in [4.78, 5) is 12.6. The standard InChI is InChI=1S/C19H26N2O2S/c22-17(20-16-7-11-23-18(13-16)10-12-24-14-18)21-19(8-4-9-19)15-5-2-1-3-6-15/h1-3,5-6,16H,4,7-14H2,(H2,20,21,22). The number of carbonyl (C=O) groups is 1. The molecule has 0 radical (unpaired) electrons. The van der Waals surface area contributed by atoms with Crippen LogP contribution in [0.25, 0.3) is 0 Å². The molecular weight excluding hydrogens is 320 g/mol. The van der Waals surface area contributed by atoms with Gasteiger partial charge in [0, 0.05) is 18.4 Å². The van der Waals surface area contributed by atoms with Crippen molar-refractivity contribution in [1.29, 1.82) is 0 Å². The Labute approximate surface area is 148 Å². The molecule has 0 bridgehead atoms. The van der Waals surface area contributed by atoms with Gasteiger partial charge in [0.25, 0.3) is 0 Å². The van der Waals surface area contributed by atoms with Crippen molar-refractivity contribution >= 4 is 17.8 Å². The summed E-state index contributed by atoms with van der Waals surface area (Å²) < 4.78 is 6.05. The van der Waals surface area contributed by atoms with E-state index in [1.165, 1.54) is 17.7 Å². The minimum Gasteiger partial charge on any atom is -0.374 e. The van der Waals surface area contributed by atoms with Crippen molar-refractivity contribution in [2.45, 2.75) is 55.7 Å². The maximum Gasteiger partial charge on any atom is 0.315 e. The fraction of sp³-hybridized carbons (Fsp3) is 0.632.